The second-order valence-electron chi connectivity index (χ2n) is 10.3. The van der Waals surface area contributed by atoms with Crippen LogP contribution in [0.25, 0.3) is 17.1 Å². The summed E-state index contributed by atoms with van der Waals surface area (Å²) >= 11 is 1.59. The number of aliphatic imine (C=N–C) groups is 1. The smallest absolute Gasteiger partial charge is 0.406 e. The van der Waals surface area contributed by atoms with Crippen molar-refractivity contribution in [2.24, 2.45) is 4.99 Å². The number of hydrogen-bond donors (Lipinski definition) is 1. The summed E-state index contributed by atoms with van der Waals surface area (Å²) in [6.07, 6.45) is -2.27. The van der Waals surface area contributed by atoms with Gasteiger partial charge in [-0.1, -0.05) is 54.2 Å². The lowest BCUT2D eigenvalue weighted by atomic mass is 10.1. The van der Waals surface area contributed by atoms with Crippen molar-refractivity contribution in [2.45, 2.75) is 52.6 Å². The summed E-state index contributed by atoms with van der Waals surface area (Å²) in [6.45, 7) is 8.20. The standard InChI is InChI=1S/C31H31F3N6O2S/c1-19-6-5-7-20(2)27(19)40-21(3)16-17-43-30(40)37-29(41)36-22(4)23-8-10-24(11-9-23)28-35-18-39(38-28)25-12-14-26(15-13-25)42-31(32,33)34/h5-15,18,21-22H,16-17H2,1-4H3,(H,36,41)/b37-30-. The Balaban J connectivity index is 1.25. The van der Waals surface area contributed by atoms with Crippen LogP contribution in [0.4, 0.5) is 23.7 Å². The highest BCUT2D eigenvalue weighted by Crippen LogP contribution is 2.34. The second kappa shape index (κ2) is 12.5. The Morgan fingerprint density at radius 2 is 1.74 bits per heavy atom. The van der Waals surface area contributed by atoms with E-state index in [1.54, 1.807) is 11.8 Å². The van der Waals surface area contributed by atoms with Crippen LogP contribution < -0.4 is 15.0 Å². The monoisotopic (exact) mass is 608 g/mol. The molecule has 224 valence electrons. The van der Waals surface area contributed by atoms with Crippen LogP contribution in [-0.2, 0) is 0 Å². The van der Waals surface area contributed by atoms with Gasteiger partial charge in [0.2, 0.25) is 0 Å². The van der Waals surface area contributed by atoms with Crippen LogP contribution in [0, 0.1) is 13.8 Å². The van der Waals surface area contributed by atoms with Crippen molar-refractivity contribution < 1.29 is 22.7 Å². The molecule has 43 heavy (non-hydrogen) atoms. The summed E-state index contributed by atoms with van der Waals surface area (Å²) in [7, 11) is 0. The number of thioether (sulfide) groups is 1. The highest BCUT2D eigenvalue weighted by molar-refractivity contribution is 8.14. The molecule has 2 amide bonds. The number of amidine groups is 1. The number of alkyl halides is 3. The first-order valence-corrected chi connectivity index (χ1v) is 14.7. The van der Waals surface area contributed by atoms with E-state index in [0.717, 1.165) is 40.1 Å². The van der Waals surface area contributed by atoms with E-state index in [0.29, 0.717) is 16.7 Å². The van der Waals surface area contributed by atoms with Crippen LogP contribution in [0.2, 0.25) is 0 Å². The predicted octanol–water partition coefficient (Wildman–Crippen LogP) is 7.61. The quantitative estimate of drug-likeness (QED) is 0.243. The zero-order valence-electron chi connectivity index (χ0n) is 24.1. The molecule has 0 aliphatic carbocycles. The molecule has 1 aliphatic rings. The van der Waals surface area contributed by atoms with Gasteiger partial charge in [0, 0.05) is 23.0 Å². The third kappa shape index (κ3) is 7.19. The van der Waals surface area contributed by atoms with Gasteiger partial charge in [0.1, 0.15) is 12.1 Å². The van der Waals surface area contributed by atoms with Crippen LogP contribution in [0.3, 0.4) is 0 Å². The average Bonchev–Trinajstić information content (AvgIpc) is 3.44. The maximum absolute atomic E-state index is 13.0. The van der Waals surface area contributed by atoms with Crippen LogP contribution in [-0.4, -0.2) is 44.1 Å². The maximum Gasteiger partial charge on any atom is 0.573 e. The molecule has 1 N–H and O–H groups in total. The number of para-hydroxylation sites is 1. The Kier molecular flexibility index (Phi) is 8.77. The van der Waals surface area contributed by atoms with Gasteiger partial charge in [-0.2, -0.15) is 4.99 Å². The molecule has 2 heterocycles. The number of rotatable bonds is 6. The summed E-state index contributed by atoms with van der Waals surface area (Å²) in [5.74, 6) is 1.03. The van der Waals surface area contributed by atoms with E-state index >= 15 is 0 Å². The number of urea groups is 1. The van der Waals surface area contributed by atoms with Gasteiger partial charge in [0.05, 0.1) is 11.7 Å². The number of anilines is 1. The number of nitrogens with zero attached hydrogens (tertiary/aromatic N) is 5. The highest BCUT2D eigenvalue weighted by Gasteiger charge is 2.31. The molecule has 0 bridgehead atoms. The van der Waals surface area contributed by atoms with Crippen LogP contribution in [0.1, 0.15) is 43.0 Å². The molecule has 4 aromatic rings. The van der Waals surface area contributed by atoms with E-state index in [-0.39, 0.29) is 17.8 Å². The van der Waals surface area contributed by atoms with Crippen molar-refractivity contribution in [1.29, 1.82) is 0 Å². The lowest BCUT2D eigenvalue weighted by molar-refractivity contribution is -0.274. The molecular weight excluding hydrogens is 577 g/mol. The van der Waals surface area contributed by atoms with E-state index in [2.05, 4.69) is 62.9 Å². The summed E-state index contributed by atoms with van der Waals surface area (Å²) in [4.78, 5) is 24.0. The first-order chi connectivity index (χ1) is 20.5. The third-order valence-corrected chi connectivity index (χ3v) is 8.11. The molecule has 1 fully saturated rings. The van der Waals surface area contributed by atoms with Gasteiger partial charge in [0.25, 0.3) is 0 Å². The molecule has 1 aliphatic heterocycles. The number of benzene rings is 3. The predicted molar refractivity (Wildman–Crippen MR) is 163 cm³/mol. The minimum absolute atomic E-state index is 0.220. The summed E-state index contributed by atoms with van der Waals surface area (Å²) in [5, 5.41) is 8.12. The van der Waals surface area contributed by atoms with Gasteiger partial charge < -0.3 is 15.0 Å². The number of nitrogens with one attached hydrogen (secondary N) is 1. The molecule has 0 spiro atoms. The summed E-state index contributed by atoms with van der Waals surface area (Å²) in [5.41, 5.74) is 5.54. The molecular formula is C31H31F3N6O2S. The fourth-order valence-corrected chi connectivity index (χ4v) is 6.12. The van der Waals surface area contributed by atoms with E-state index in [9.17, 15) is 18.0 Å². The van der Waals surface area contributed by atoms with Crippen molar-refractivity contribution in [2.75, 3.05) is 10.7 Å². The number of hydrogen-bond acceptors (Lipinski definition) is 5. The first kappa shape index (κ1) is 30.1. The minimum atomic E-state index is -4.75. The molecule has 8 nitrogen and oxygen atoms in total. The maximum atomic E-state index is 13.0. The van der Waals surface area contributed by atoms with Gasteiger partial charge in [-0.15, -0.1) is 18.3 Å². The number of ether oxygens (including phenoxy) is 1. The van der Waals surface area contributed by atoms with E-state index < -0.39 is 12.4 Å². The van der Waals surface area contributed by atoms with E-state index in [1.165, 1.54) is 35.3 Å². The van der Waals surface area contributed by atoms with Gasteiger partial charge in [-0.25, -0.2) is 14.5 Å². The van der Waals surface area contributed by atoms with Crippen molar-refractivity contribution in [3.8, 4) is 22.8 Å². The Morgan fingerprint density at radius 1 is 1.07 bits per heavy atom. The molecule has 0 saturated carbocycles. The molecule has 2 atom stereocenters. The number of carbonyl (C=O) groups is 1. The lowest BCUT2D eigenvalue weighted by Gasteiger charge is -2.37. The molecule has 1 saturated heterocycles. The fourth-order valence-electron chi connectivity index (χ4n) is 4.92. The van der Waals surface area contributed by atoms with E-state index in [1.807, 2.05) is 37.3 Å². The van der Waals surface area contributed by atoms with Crippen molar-refractivity contribution in [3.63, 3.8) is 0 Å². The molecule has 0 radical (unpaired) electrons. The Hall–Kier alpha value is -4.32. The number of carbonyl (C=O) groups excluding carboxylic acids is 1. The number of aromatic nitrogens is 3. The zero-order valence-corrected chi connectivity index (χ0v) is 24.9. The Labute approximate surface area is 252 Å². The average molecular weight is 609 g/mol. The molecule has 12 heteroatoms. The summed E-state index contributed by atoms with van der Waals surface area (Å²) in [6, 6.07) is 18.5. The van der Waals surface area contributed by atoms with Gasteiger partial charge in [-0.05, 0) is 75.1 Å². The SMILES string of the molecule is Cc1cccc(C)c1N1/C(=N/C(=O)NC(C)c2ccc(-c3ncn(-c4ccc(OC(F)(F)F)cc4)n3)cc2)SCCC1C. The normalized spacial score (nSPS) is 17.1. The third-order valence-electron chi connectivity index (χ3n) is 7.13. The van der Waals surface area contributed by atoms with Crippen LogP contribution in [0.15, 0.2) is 78.0 Å². The fraction of sp³-hybridized carbons (Fsp3) is 0.290. The van der Waals surface area contributed by atoms with Crippen LogP contribution in [0.5, 0.6) is 5.75 Å². The second-order valence-corrected chi connectivity index (χ2v) is 11.4. The molecule has 3 aromatic carbocycles. The van der Waals surface area contributed by atoms with Gasteiger partial charge >= 0.3 is 12.4 Å². The van der Waals surface area contributed by atoms with Crippen LogP contribution >= 0.6 is 11.8 Å². The molecule has 5 rings (SSSR count). The highest BCUT2D eigenvalue weighted by atomic mass is 32.2. The van der Waals surface area contributed by atoms with Crippen molar-refractivity contribution in [1.82, 2.24) is 20.1 Å². The molecule has 1 aromatic heterocycles. The summed E-state index contributed by atoms with van der Waals surface area (Å²) < 4.78 is 42.6. The van der Waals surface area contributed by atoms with Crippen molar-refractivity contribution in [3.05, 3.63) is 89.7 Å². The first-order valence-electron chi connectivity index (χ1n) is 13.7. The minimum Gasteiger partial charge on any atom is -0.406 e. The number of aryl methyl sites for hydroxylation is 2. The zero-order chi connectivity index (χ0) is 30.7. The van der Waals surface area contributed by atoms with Crippen molar-refractivity contribution >= 4 is 28.6 Å². The van der Waals surface area contributed by atoms with Gasteiger partial charge in [-0.3, -0.25) is 0 Å². The topological polar surface area (TPSA) is 84.6 Å². The molecule has 2 unspecified atom stereocenters. The number of amides is 2. The Morgan fingerprint density at radius 3 is 2.40 bits per heavy atom. The van der Waals surface area contributed by atoms with E-state index in [4.69, 9.17) is 0 Å². The Bertz CT molecular complexity index is 1600. The van der Waals surface area contributed by atoms with Gasteiger partial charge in [0.15, 0.2) is 11.0 Å². The lowest BCUT2D eigenvalue weighted by Crippen LogP contribution is -2.43. The number of halogens is 3. The largest absolute Gasteiger partial charge is 0.573 e.